The Morgan fingerprint density at radius 2 is 2.05 bits per heavy atom. The van der Waals surface area contributed by atoms with Gasteiger partial charge in [-0.15, -0.1) is 0 Å². The smallest absolute Gasteiger partial charge is 0.373 e. The van der Waals surface area contributed by atoms with Gasteiger partial charge in [0.25, 0.3) is 0 Å². The lowest BCUT2D eigenvalue weighted by Crippen LogP contribution is -1.99. The molecular formula is C17H15NO4. The number of hydrogen-bond donors (Lipinski definition) is 0. The fraction of sp³-hybridized carbons (Fsp3) is 0.176. The number of carbonyl (C=O) groups is 1. The summed E-state index contributed by atoms with van der Waals surface area (Å²) < 4.78 is 15.8. The van der Waals surface area contributed by atoms with Crippen molar-refractivity contribution in [3.8, 4) is 5.75 Å². The van der Waals surface area contributed by atoms with Crippen molar-refractivity contribution in [3.05, 3.63) is 59.7 Å². The van der Waals surface area contributed by atoms with Crippen molar-refractivity contribution < 1.29 is 18.7 Å². The molecule has 22 heavy (non-hydrogen) atoms. The monoisotopic (exact) mass is 297 g/mol. The van der Waals surface area contributed by atoms with Crippen LogP contribution < -0.4 is 4.74 Å². The number of rotatable bonds is 4. The number of aryl methyl sites for hydroxylation is 1. The highest BCUT2D eigenvalue weighted by Crippen LogP contribution is 2.25. The topological polar surface area (TPSA) is 61.6 Å². The number of hydrogen-bond acceptors (Lipinski definition) is 5. The molecular weight excluding hydrogens is 282 g/mol. The molecule has 3 rings (SSSR count). The van der Waals surface area contributed by atoms with E-state index in [0.717, 1.165) is 16.6 Å². The zero-order valence-electron chi connectivity index (χ0n) is 12.3. The number of methoxy groups -OCH3 is 1. The molecule has 0 spiro atoms. The predicted octanol–water partition coefficient (Wildman–Crippen LogP) is 3.50. The fourth-order valence-corrected chi connectivity index (χ4v) is 2.15. The Morgan fingerprint density at radius 3 is 2.86 bits per heavy atom. The van der Waals surface area contributed by atoms with Gasteiger partial charge in [0.15, 0.2) is 0 Å². The maximum Gasteiger partial charge on any atom is 0.373 e. The molecule has 0 unspecified atom stereocenters. The minimum atomic E-state index is -0.506. The number of nitrogens with zero attached hydrogens (tertiary/aromatic N) is 1. The summed E-state index contributed by atoms with van der Waals surface area (Å²) >= 11 is 0. The summed E-state index contributed by atoms with van der Waals surface area (Å²) in [5.41, 5.74) is 1.73. The molecule has 0 saturated heterocycles. The quantitative estimate of drug-likeness (QED) is 0.690. The van der Waals surface area contributed by atoms with E-state index in [-0.39, 0.29) is 12.4 Å². The zero-order chi connectivity index (χ0) is 15.5. The van der Waals surface area contributed by atoms with Crippen LogP contribution in [-0.2, 0) is 11.3 Å². The summed E-state index contributed by atoms with van der Waals surface area (Å²) in [6.45, 7) is 2.15. The van der Waals surface area contributed by atoms with E-state index >= 15 is 0 Å². The van der Waals surface area contributed by atoms with Crippen LogP contribution in [0.5, 0.6) is 5.75 Å². The van der Waals surface area contributed by atoms with Crippen LogP contribution in [0.2, 0.25) is 0 Å². The van der Waals surface area contributed by atoms with Gasteiger partial charge in [-0.25, -0.2) is 9.78 Å². The number of pyridine rings is 1. The van der Waals surface area contributed by atoms with E-state index in [1.807, 2.05) is 37.3 Å². The summed E-state index contributed by atoms with van der Waals surface area (Å²) in [6, 6.07) is 13.0. The molecule has 2 aromatic heterocycles. The van der Waals surface area contributed by atoms with Crippen molar-refractivity contribution in [1.29, 1.82) is 0 Å². The Labute approximate surface area is 127 Å². The van der Waals surface area contributed by atoms with Crippen molar-refractivity contribution >= 4 is 16.9 Å². The number of carbonyl (C=O) groups excluding carboxylic acids is 1. The van der Waals surface area contributed by atoms with Crippen molar-refractivity contribution in [2.45, 2.75) is 13.5 Å². The van der Waals surface area contributed by atoms with Gasteiger partial charge in [-0.2, -0.15) is 0 Å². The van der Waals surface area contributed by atoms with E-state index in [1.165, 1.54) is 7.11 Å². The van der Waals surface area contributed by atoms with Gasteiger partial charge in [-0.3, -0.25) is 0 Å². The molecule has 112 valence electrons. The highest BCUT2D eigenvalue weighted by molar-refractivity contribution is 5.86. The minimum Gasteiger partial charge on any atom is -0.483 e. The standard InChI is InChI=1S/C17H15NO4/c1-11-6-7-12-4-3-5-14(16(12)18-11)21-10-13-8-9-15(22-13)17(19)20-2/h3-9H,10H2,1-2H3. The number of fused-ring (bicyclic) bond motifs is 1. The van der Waals surface area contributed by atoms with Gasteiger partial charge in [-0.05, 0) is 31.2 Å². The van der Waals surface area contributed by atoms with Crippen LogP contribution in [0.25, 0.3) is 10.9 Å². The lowest BCUT2D eigenvalue weighted by atomic mass is 10.2. The van der Waals surface area contributed by atoms with Gasteiger partial charge in [0.05, 0.1) is 7.11 Å². The van der Waals surface area contributed by atoms with E-state index in [0.29, 0.717) is 11.5 Å². The van der Waals surface area contributed by atoms with E-state index in [1.54, 1.807) is 12.1 Å². The van der Waals surface area contributed by atoms with Gasteiger partial charge < -0.3 is 13.9 Å². The first-order valence-corrected chi connectivity index (χ1v) is 6.83. The molecule has 0 radical (unpaired) electrons. The first-order valence-electron chi connectivity index (χ1n) is 6.83. The fourth-order valence-electron chi connectivity index (χ4n) is 2.15. The Kier molecular flexibility index (Phi) is 3.78. The number of furan rings is 1. The molecule has 0 atom stereocenters. The number of esters is 1. The van der Waals surface area contributed by atoms with E-state index in [9.17, 15) is 4.79 Å². The molecule has 0 N–H and O–H groups in total. The van der Waals surface area contributed by atoms with E-state index < -0.39 is 5.97 Å². The molecule has 5 nitrogen and oxygen atoms in total. The number of para-hydroxylation sites is 1. The molecule has 1 aromatic carbocycles. The van der Waals surface area contributed by atoms with Gasteiger partial charge >= 0.3 is 5.97 Å². The predicted molar refractivity (Wildman–Crippen MR) is 80.9 cm³/mol. The Morgan fingerprint density at radius 1 is 1.18 bits per heavy atom. The third kappa shape index (κ3) is 2.79. The maximum atomic E-state index is 11.3. The van der Waals surface area contributed by atoms with Crippen LogP contribution >= 0.6 is 0 Å². The third-order valence-electron chi connectivity index (χ3n) is 3.24. The lowest BCUT2D eigenvalue weighted by Gasteiger charge is -2.08. The van der Waals surface area contributed by atoms with Gasteiger partial charge in [0.2, 0.25) is 5.76 Å². The first-order chi connectivity index (χ1) is 10.7. The Balaban J connectivity index is 1.80. The summed E-state index contributed by atoms with van der Waals surface area (Å²) in [6.07, 6.45) is 0. The SMILES string of the molecule is COC(=O)c1ccc(COc2cccc3ccc(C)nc23)o1. The number of benzene rings is 1. The highest BCUT2D eigenvalue weighted by Gasteiger charge is 2.12. The third-order valence-corrected chi connectivity index (χ3v) is 3.24. The van der Waals surface area contributed by atoms with Crippen molar-refractivity contribution in [2.24, 2.45) is 0 Å². The second-order valence-electron chi connectivity index (χ2n) is 4.83. The summed E-state index contributed by atoms with van der Waals surface area (Å²) in [5.74, 6) is 0.879. The Bertz CT molecular complexity index is 822. The van der Waals surface area contributed by atoms with Crippen molar-refractivity contribution in [2.75, 3.05) is 7.11 Å². The largest absolute Gasteiger partial charge is 0.483 e. The number of ether oxygens (including phenoxy) is 2. The molecule has 0 bridgehead atoms. The van der Waals surface area contributed by atoms with Crippen LogP contribution in [0.3, 0.4) is 0 Å². The molecule has 2 heterocycles. The first kappa shape index (κ1) is 14.1. The van der Waals surface area contributed by atoms with Crippen LogP contribution in [0.15, 0.2) is 46.9 Å². The van der Waals surface area contributed by atoms with Crippen LogP contribution in [-0.4, -0.2) is 18.1 Å². The highest BCUT2D eigenvalue weighted by atomic mass is 16.5. The van der Waals surface area contributed by atoms with Crippen molar-refractivity contribution in [3.63, 3.8) is 0 Å². The average molecular weight is 297 g/mol. The van der Waals surface area contributed by atoms with Crippen LogP contribution in [0.4, 0.5) is 0 Å². The summed E-state index contributed by atoms with van der Waals surface area (Å²) in [5, 5.41) is 1.01. The second-order valence-corrected chi connectivity index (χ2v) is 4.83. The molecule has 5 heteroatoms. The molecule has 0 saturated carbocycles. The van der Waals surface area contributed by atoms with E-state index in [2.05, 4.69) is 9.72 Å². The maximum absolute atomic E-state index is 11.3. The second kappa shape index (κ2) is 5.89. The summed E-state index contributed by atoms with van der Waals surface area (Å²) in [4.78, 5) is 15.9. The number of aromatic nitrogens is 1. The average Bonchev–Trinajstić information content (AvgIpc) is 3.01. The molecule has 0 aliphatic carbocycles. The molecule has 0 amide bonds. The van der Waals surface area contributed by atoms with Crippen LogP contribution in [0, 0.1) is 6.92 Å². The lowest BCUT2D eigenvalue weighted by molar-refractivity contribution is 0.0561. The molecule has 3 aromatic rings. The molecule has 0 aliphatic heterocycles. The molecule has 0 fully saturated rings. The Hall–Kier alpha value is -2.82. The van der Waals surface area contributed by atoms with Gasteiger partial charge in [0.1, 0.15) is 23.6 Å². The summed E-state index contributed by atoms with van der Waals surface area (Å²) in [7, 11) is 1.31. The van der Waals surface area contributed by atoms with Crippen LogP contribution in [0.1, 0.15) is 22.0 Å². The van der Waals surface area contributed by atoms with Crippen molar-refractivity contribution in [1.82, 2.24) is 4.98 Å². The van der Waals surface area contributed by atoms with E-state index in [4.69, 9.17) is 9.15 Å². The normalized spacial score (nSPS) is 10.6. The zero-order valence-corrected chi connectivity index (χ0v) is 12.3. The minimum absolute atomic E-state index is 0.160. The molecule has 0 aliphatic rings. The van der Waals surface area contributed by atoms with Gasteiger partial charge in [0, 0.05) is 11.1 Å². The van der Waals surface area contributed by atoms with Gasteiger partial charge in [-0.1, -0.05) is 18.2 Å².